The zero-order chi connectivity index (χ0) is 20.8. The number of aryl methyl sites for hydroxylation is 2. The summed E-state index contributed by atoms with van der Waals surface area (Å²) in [6, 6.07) is 18.2. The molecule has 2 aromatic heterocycles. The Bertz CT molecular complexity index is 1290. The number of aromatic nitrogens is 3. The maximum absolute atomic E-state index is 10.1. The topological polar surface area (TPSA) is 78.8 Å². The third-order valence-electron chi connectivity index (χ3n) is 5.97. The highest BCUT2D eigenvalue weighted by Gasteiger charge is 2.27. The van der Waals surface area contributed by atoms with Gasteiger partial charge in [0.05, 0.1) is 22.5 Å². The Morgan fingerprint density at radius 3 is 2.50 bits per heavy atom. The second-order valence-electron chi connectivity index (χ2n) is 7.99. The average molecular weight is 397 g/mol. The number of nitriles is 1. The van der Waals surface area contributed by atoms with Gasteiger partial charge < -0.3 is 15.0 Å². The highest BCUT2D eigenvalue weighted by Crippen LogP contribution is 2.43. The van der Waals surface area contributed by atoms with Crippen molar-refractivity contribution >= 4 is 22.4 Å². The molecule has 150 valence electrons. The van der Waals surface area contributed by atoms with E-state index in [1.165, 1.54) is 6.42 Å². The van der Waals surface area contributed by atoms with Crippen molar-refractivity contribution in [1.29, 1.82) is 5.26 Å². The van der Waals surface area contributed by atoms with Crippen molar-refractivity contribution in [3.05, 3.63) is 59.8 Å². The average Bonchev–Trinajstić information content (AvgIpc) is 3.17. The minimum absolute atomic E-state index is 0.225. The molecule has 0 aliphatic heterocycles. The molecule has 1 fully saturated rings. The number of rotatable bonds is 4. The predicted octanol–water partition coefficient (Wildman–Crippen LogP) is 5.40. The van der Waals surface area contributed by atoms with Crippen LogP contribution in [0.2, 0.25) is 0 Å². The van der Waals surface area contributed by atoms with E-state index in [1.807, 2.05) is 42.9 Å². The first-order chi connectivity index (χ1) is 14.5. The van der Waals surface area contributed by atoms with Crippen LogP contribution >= 0.6 is 0 Å². The number of nitrogens with zero attached hydrogens (tertiary/aromatic N) is 4. The van der Waals surface area contributed by atoms with Crippen molar-refractivity contribution in [3.8, 4) is 23.1 Å². The van der Waals surface area contributed by atoms with Crippen LogP contribution in [0.25, 0.3) is 22.2 Å². The van der Waals surface area contributed by atoms with Crippen LogP contribution in [0.1, 0.15) is 36.6 Å². The van der Waals surface area contributed by atoms with E-state index in [9.17, 15) is 10.4 Å². The third-order valence-corrected chi connectivity index (χ3v) is 5.97. The first-order valence-corrected chi connectivity index (χ1v) is 10.2. The molecule has 2 N–H and O–H groups in total. The molecule has 6 heteroatoms. The summed E-state index contributed by atoms with van der Waals surface area (Å²) in [5.41, 5.74) is 5.46. The van der Waals surface area contributed by atoms with E-state index < -0.39 is 0 Å². The molecule has 1 aliphatic rings. The SMILES string of the molecule is Cc1cc(Nc2ccc(-c3c(C#N)c4ccc(O)cc4n3C3CCC3)cc2)n(C)n1. The van der Waals surface area contributed by atoms with Gasteiger partial charge in [-0.3, -0.25) is 4.68 Å². The molecule has 0 radical (unpaired) electrons. The van der Waals surface area contributed by atoms with E-state index in [1.54, 1.807) is 12.1 Å². The van der Waals surface area contributed by atoms with Crippen molar-refractivity contribution in [1.82, 2.24) is 14.3 Å². The van der Waals surface area contributed by atoms with E-state index in [2.05, 4.69) is 33.2 Å². The van der Waals surface area contributed by atoms with Gasteiger partial charge in [-0.1, -0.05) is 12.1 Å². The highest BCUT2D eigenvalue weighted by molar-refractivity contribution is 5.95. The zero-order valence-electron chi connectivity index (χ0n) is 17.1. The van der Waals surface area contributed by atoms with Crippen LogP contribution in [0.15, 0.2) is 48.5 Å². The number of benzene rings is 2. The van der Waals surface area contributed by atoms with Crippen LogP contribution in [0.3, 0.4) is 0 Å². The van der Waals surface area contributed by atoms with Crippen molar-refractivity contribution in [2.75, 3.05) is 5.32 Å². The van der Waals surface area contributed by atoms with Crippen molar-refractivity contribution in [3.63, 3.8) is 0 Å². The molecule has 0 saturated heterocycles. The lowest BCUT2D eigenvalue weighted by atomic mass is 9.92. The molecule has 30 heavy (non-hydrogen) atoms. The summed E-state index contributed by atoms with van der Waals surface area (Å²) in [5, 5.41) is 28.7. The quantitative estimate of drug-likeness (QED) is 0.483. The Balaban J connectivity index is 1.60. The summed E-state index contributed by atoms with van der Waals surface area (Å²) in [6.07, 6.45) is 3.38. The van der Waals surface area contributed by atoms with Gasteiger partial charge in [0.1, 0.15) is 17.6 Å². The van der Waals surface area contributed by atoms with E-state index >= 15 is 0 Å². The maximum atomic E-state index is 10.1. The Hall–Kier alpha value is -3.72. The Labute approximate surface area is 175 Å². The minimum Gasteiger partial charge on any atom is -0.508 e. The number of hydrogen-bond acceptors (Lipinski definition) is 4. The lowest BCUT2D eigenvalue weighted by molar-refractivity contribution is 0.324. The lowest BCUT2D eigenvalue weighted by Crippen LogP contribution is -2.17. The fraction of sp³-hybridized carbons (Fsp3) is 0.250. The number of phenolic OH excluding ortho intramolecular Hbond substituents is 1. The summed E-state index contributed by atoms with van der Waals surface area (Å²) < 4.78 is 4.07. The molecule has 1 saturated carbocycles. The minimum atomic E-state index is 0.225. The molecule has 5 rings (SSSR count). The van der Waals surface area contributed by atoms with Gasteiger partial charge in [-0.15, -0.1) is 0 Å². The third kappa shape index (κ3) is 2.91. The van der Waals surface area contributed by atoms with Crippen LogP contribution in [0, 0.1) is 18.3 Å². The Morgan fingerprint density at radius 1 is 1.13 bits per heavy atom. The molecule has 0 spiro atoms. The standard InChI is InChI=1S/C24H23N5O/c1-15-12-23(28(2)27-15)26-17-8-6-16(7-9-17)24-21(14-25)20-11-10-19(30)13-22(20)29(24)18-4-3-5-18/h6-13,18,26,30H,3-5H2,1-2H3. The van der Waals surface area contributed by atoms with Crippen LogP contribution in [-0.4, -0.2) is 19.5 Å². The number of fused-ring (bicyclic) bond motifs is 1. The van der Waals surface area contributed by atoms with E-state index in [0.717, 1.165) is 52.2 Å². The first kappa shape index (κ1) is 18.3. The largest absolute Gasteiger partial charge is 0.508 e. The van der Waals surface area contributed by atoms with Gasteiger partial charge in [-0.2, -0.15) is 10.4 Å². The molecule has 2 aromatic carbocycles. The fourth-order valence-corrected chi connectivity index (χ4v) is 4.31. The van der Waals surface area contributed by atoms with Crippen LogP contribution < -0.4 is 5.32 Å². The summed E-state index contributed by atoms with van der Waals surface area (Å²) in [7, 11) is 1.91. The number of hydrogen-bond donors (Lipinski definition) is 2. The molecular formula is C24H23N5O. The molecule has 6 nitrogen and oxygen atoms in total. The van der Waals surface area contributed by atoms with E-state index in [0.29, 0.717) is 11.6 Å². The van der Waals surface area contributed by atoms with E-state index in [4.69, 9.17) is 0 Å². The molecule has 0 unspecified atom stereocenters. The van der Waals surface area contributed by atoms with Crippen molar-refractivity contribution < 1.29 is 5.11 Å². The Morgan fingerprint density at radius 2 is 1.90 bits per heavy atom. The van der Waals surface area contributed by atoms with Crippen molar-refractivity contribution in [2.24, 2.45) is 7.05 Å². The molecule has 0 atom stereocenters. The monoisotopic (exact) mass is 397 g/mol. The highest BCUT2D eigenvalue weighted by atomic mass is 16.3. The van der Waals surface area contributed by atoms with Crippen LogP contribution in [0.5, 0.6) is 5.75 Å². The second-order valence-corrected chi connectivity index (χ2v) is 7.99. The lowest BCUT2D eigenvalue weighted by Gasteiger charge is -2.30. The predicted molar refractivity (Wildman–Crippen MR) is 118 cm³/mol. The van der Waals surface area contributed by atoms with Gasteiger partial charge in [0.2, 0.25) is 0 Å². The van der Waals surface area contributed by atoms with Crippen molar-refractivity contribution in [2.45, 2.75) is 32.2 Å². The van der Waals surface area contributed by atoms with Gasteiger partial charge in [0, 0.05) is 36.3 Å². The molecule has 2 heterocycles. The van der Waals surface area contributed by atoms with Gasteiger partial charge in [-0.25, -0.2) is 0 Å². The summed E-state index contributed by atoms with van der Waals surface area (Å²) >= 11 is 0. The van der Waals surface area contributed by atoms with E-state index in [-0.39, 0.29) is 5.75 Å². The molecule has 4 aromatic rings. The number of nitrogens with one attached hydrogen (secondary N) is 1. The number of anilines is 2. The Kier molecular flexibility index (Phi) is 4.25. The van der Waals surface area contributed by atoms with Gasteiger partial charge in [-0.05, 0) is 56.0 Å². The maximum Gasteiger partial charge on any atom is 0.128 e. The van der Waals surface area contributed by atoms with Crippen LogP contribution in [-0.2, 0) is 7.05 Å². The summed E-state index contributed by atoms with van der Waals surface area (Å²) in [4.78, 5) is 0. The van der Waals surface area contributed by atoms with Crippen LogP contribution in [0.4, 0.5) is 11.5 Å². The summed E-state index contributed by atoms with van der Waals surface area (Å²) in [6.45, 7) is 1.97. The molecule has 0 bridgehead atoms. The molecule has 0 amide bonds. The summed E-state index contributed by atoms with van der Waals surface area (Å²) in [5.74, 6) is 1.15. The zero-order valence-corrected chi connectivity index (χ0v) is 17.1. The number of aromatic hydroxyl groups is 1. The first-order valence-electron chi connectivity index (χ1n) is 10.2. The number of phenols is 1. The normalized spacial score (nSPS) is 13.9. The molecule has 1 aliphatic carbocycles. The van der Waals surface area contributed by atoms with Gasteiger partial charge >= 0.3 is 0 Å². The second kappa shape index (κ2) is 6.96. The molecular weight excluding hydrogens is 374 g/mol. The van der Waals surface area contributed by atoms with Gasteiger partial charge in [0.15, 0.2) is 0 Å². The fourth-order valence-electron chi connectivity index (χ4n) is 4.31. The van der Waals surface area contributed by atoms with Gasteiger partial charge in [0.25, 0.3) is 0 Å². The smallest absolute Gasteiger partial charge is 0.128 e.